The van der Waals surface area contributed by atoms with E-state index in [0.717, 1.165) is 23.6 Å². The predicted octanol–water partition coefficient (Wildman–Crippen LogP) is 4.59. The fraction of sp³-hybridized carbons (Fsp3) is 0.409. The summed E-state index contributed by atoms with van der Waals surface area (Å²) in [4.78, 5) is 14.0. The van der Waals surface area contributed by atoms with Crippen molar-refractivity contribution in [1.82, 2.24) is 10.2 Å². The number of halogens is 3. The Bertz CT molecular complexity index is 866. The molecule has 2 aromatic carbocycles. The number of hydrogen-bond donors (Lipinski definition) is 1. The van der Waals surface area contributed by atoms with E-state index in [0.29, 0.717) is 19.6 Å². The van der Waals surface area contributed by atoms with Crippen LogP contribution in [0.5, 0.6) is 5.75 Å². The van der Waals surface area contributed by atoms with Gasteiger partial charge >= 0.3 is 6.09 Å². The van der Waals surface area contributed by atoms with Crippen molar-refractivity contribution in [2.75, 3.05) is 19.6 Å². The number of rotatable bonds is 6. The number of ether oxygens (including phenoxy) is 2. The Morgan fingerprint density at radius 1 is 1.23 bits per heavy atom. The number of amides is 1. The van der Waals surface area contributed by atoms with Gasteiger partial charge in [-0.3, -0.25) is 0 Å². The van der Waals surface area contributed by atoms with Crippen molar-refractivity contribution in [3.05, 3.63) is 64.7 Å². The summed E-state index contributed by atoms with van der Waals surface area (Å²) in [5, 5.41) is 3.22. The smallest absolute Gasteiger partial charge is 0.410 e. The van der Waals surface area contributed by atoms with E-state index in [1.165, 1.54) is 6.07 Å². The van der Waals surface area contributed by atoms with Crippen molar-refractivity contribution in [2.24, 2.45) is 0 Å². The van der Waals surface area contributed by atoms with Crippen LogP contribution in [0.4, 0.5) is 13.6 Å². The second-order valence-electron chi connectivity index (χ2n) is 7.13. The lowest BCUT2D eigenvalue weighted by Gasteiger charge is -2.34. The fourth-order valence-corrected chi connectivity index (χ4v) is 3.37. The minimum Gasteiger partial charge on any atom is -0.486 e. The minimum absolute atomic E-state index is 0. The standard InChI is InChI=1S/C22H26F2N2O3.ClH/c1-3-17-12-25-9-10-26(17)22(27)29-14-18-19(23)7-8-20(21(18)24)28-13-16-6-4-5-15(2)11-16;/h4-8,11,17,25H,3,9-10,12-14H2,1-2H3;1H. The first kappa shape index (κ1) is 23.9. The quantitative estimate of drug-likeness (QED) is 0.713. The van der Waals surface area contributed by atoms with Crippen molar-refractivity contribution in [2.45, 2.75) is 39.5 Å². The molecule has 1 atom stereocenters. The first-order valence-electron chi connectivity index (χ1n) is 9.79. The maximum Gasteiger partial charge on any atom is 0.410 e. The molecular formula is C22H27ClF2N2O3. The van der Waals surface area contributed by atoms with E-state index in [9.17, 15) is 13.6 Å². The molecule has 0 radical (unpaired) electrons. The highest BCUT2D eigenvalue weighted by Crippen LogP contribution is 2.25. The minimum atomic E-state index is -0.849. The molecule has 0 bridgehead atoms. The Morgan fingerprint density at radius 2 is 2.03 bits per heavy atom. The maximum absolute atomic E-state index is 14.8. The second-order valence-corrected chi connectivity index (χ2v) is 7.13. The monoisotopic (exact) mass is 440 g/mol. The fourth-order valence-electron chi connectivity index (χ4n) is 3.37. The van der Waals surface area contributed by atoms with Crippen LogP contribution in [0.25, 0.3) is 0 Å². The molecular weight excluding hydrogens is 414 g/mol. The molecule has 30 heavy (non-hydrogen) atoms. The summed E-state index contributed by atoms with van der Waals surface area (Å²) in [5.41, 5.74) is 1.63. The molecule has 1 unspecified atom stereocenters. The van der Waals surface area contributed by atoms with Crippen molar-refractivity contribution in [3.8, 4) is 5.75 Å². The molecule has 0 aromatic heterocycles. The van der Waals surface area contributed by atoms with Crippen LogP contribution in [0, 0.1) is 18.6 Å². The van der Waals surface area contributed by atoms with Crippen LogP contribution in [0.2, 0.25) is 0 Å². The van der Waals surface area contributed by atoms with Gasteiger partial charge in [-0.05, 0) is 31.0 Å². The van der Waals surface area contributed by atoms with Crippen molar-refractivity contribution in [1.29, 1.82) is 0 Å². The molecule has 1 N–H and O–H groups in total. The Hall–Kier alpha value is -2.38. The molecule has 5 nitrogen and oxygen atoms in total. The molecule has 8 heteroatoms. The van der Waals surface area contributed by atoms with Gasteiger partial charge in [0.1, 0.15) is 19.0 Å². The molecule has 1 fully saturated rings. The summed E-state index contributed by atoms with van der Waals surface area (Å²) < 4.78 is 39.7. The van der Waals surface area contributed by atoms with Gasteiger partial charge in [0, 0.05) is 25.7 Å². The molecule has 1 saturated heterocycles. The third-order valence-corrected chi connectivity index (χ3v) is 5.02. The molecule has 0 aliphatic carbocycles. The van der Waals surface area contributed by atoms with Crippen LogP contribution in [0.1, 0.15) is 30.0 Å². The molecule has 1 aliphatic heterocycles. The highest BCUT2D eigenvalue weighted by molar-refractivity contribution is 5.85. The van der Waals surface area contributed by atoms with Crippen LogP contribution >= 0.6 is 12.4 Å². The van der Waals surface area contributed by atoms with Gasteiger partial charge in [0.05, 0.1) is 5.56 Å². The molecule has 3 rings (SSSR count). The molecule has 1 amide bonds. The number of carbonyl (C=O) groups excluding carboxylic acids is 1. The van der Waals surface area contributed by atoms with Crippen LogP contribution in [-0.2, 0) is 18.0 Å². The van der Waals surface area contributed by atoms with Crippen molar-refractivity contribution < 1.29 is 23.0 Å². The number of nitrogens with one attached hydrogen (secondary N) is 1. The first-order chi connectivity index (χ1) is 14.0. The SMILES string of the molecule is CCC1CNCCN1C(=O)OCc1c(F)ccc(OCc2cccc(C)c2)c1F.Cl. The number of carbonyl (C=O) groups is 1. The predicted molar refractivity (Wildman–Crippen MR) is 113 cm³/mol. The van der Waals surface area contributed by atoms with Gasteiger partial charge in [-0.25, -0.2) is 13.6 Å². The highest BCUT2D eigenvalue weighted by atomic mass is 35.5. The van der Waals surface area contributed by atoms with Gasteiger partial charge in [-0.15, -0.1) is 12.4 Å². The molecule has 2 aromatic rings. The number of benzene rings is 2. The van der Waals surface area contributed by atoms with E-state index in [4.69, 9.17) is 9.47 Å². The van der Waals surface area contributed by atoms with E-state index >= 15 is 0 Å². The number of nitrogens with zero attached hydrogens (tertiary/aromatic N) is 1. The van der Waals surface area contributed by atoms with Gasteiger partial charge in [0.15, 0.2) is 11.6 Å². The van der Waals surface area contributed by atoms with Gasteiger partial charge < -0.3 is 19.7 Å². The Kier molecular flexibility index (Phi) is 8.87. The van der Waals surface area contributed by atoms with Crippen LogP contribution in [0.3, 0.4) is 0 Å². The first-order valence-corrected chi connectivity index (χ1v) is 9.79. The Morgan fingerprint density at radius 3 is 2.77 bits per heavy atom. The van der Waals surface area contributed by atoms with Gasteiger partial charge in [-0.1, -0.05) is 36.8 Å². The van der Waals surface area contributed by atoms with Crippen LogP contribution < -0.4 is 10.1 Å². The topological polar surface area (TPSA) is 50.8 Å². The van der Waals surface area contributed by atoms with Crippen LogP contribution in [-0.4, -0.2) is 36.7 Å². The zero-order valence-electron chi connectivity index (χ0n) is 17.1. The summed E-state index contributed by atoms with van der Waals surface area (Å²) in [5.74, 6) is -1.70. The van der Waals surface area contributed by atoms with Crippen molar-refractivity contribution in [3.63, 3.8) is 0 Å². The summed E-state index contributed by atoms with van der Waals surface area (Å²) in [6.07, 6.45) is 0.204. The lowest BCUT2D eigenvalue weighted by molar-refractivity contribution is 0.0697. The summed E-state index contributed by atoms with van der Waals surface area (Å²) in [7, 11) is 0. The molecule has 164 valence electrons. The van der Waals surface area contributed by atoms with E-state index < -0.39 is 24.3 Å². The average Bonchev–Trinajstić information content (AvgIpc) is 2.73. The third-order valence-electron chi connectivity index (χ3n) is 5.02. The lowest BCUT2D eigenvalue weighted by atomic mass is 10.1. The van der Waals surface area contributed by atoms with E-state index in [-0.39, 0.29) is 36.4 Å². The zero-order chi connectivity index (χ0) is 20.8. The summed E-state index contributed by atoms with van der Waals surface area (Å²) in [6.45, 7) is 5.44. The Labute approximate surface area is 181 Å². The van der Waals surface area contributed by atoms with Crippen LogP contribution in [0.15, 0.2) is 36.4 Å². The molecule has 0 saturated carbocycles. The summed E-state index contributed by atoms with van der Waals surface area (Å²) in [6, 6.07) is 10.0. The molecule has 1 heterocycles. The third kappa shape index (κ3) is 5.83. The van der Waals surface area contributed by atoms with Gasteiger partial charge in [0.25, 0.3) is 0 Å². The van der Waals surface area contributed by atoms with Gasteiger partial charge in [0.2, 0.25) is 0 Å². The number of aryl methyl sites for hydroxylation is 1. The largest absolute Gasteiger partial charge is 0.486 e. The number of piperazine rings is 1. The van der Waals surface area contributed by atoms with E-state index in [1.807, 2.05) is 38.1 Å². The van der Waals surface area contributed by atoms with E-state index in [2.05, 4.69) is 5.32 Å². The van der Waals surface area contributed by atoms with Crippen molar-refractivity contribution >= 4 is 18.5 Å². The molecule has 0 spiro atoms. The van der Waals surface area contributed by atoms with Gasteiger partial charge in [-0.2, -0.15) is 0 Å². The summed E-state index contributed by atoms with van der Waals surface area (Å²) >= 11 is 0. The molecule has 1 aliphatic rings. The highest BCUT2D eigenvalue weighted by Gasteiger charge is 2.27. The second kappa shape index (κ2) is 11.1. The lowest BCUT2D eigenvalue weighted by Crippen LogP contribution is -2.53. The van der Waals surface area contributed by atoms with E-state index in [1.54, 1.807) is 4.90 Å². The number of hydrogen-bond acceptors (Lipinski definition) is 4. The Balaban J connectivity index is 0.00000320. The zero-order valence-corrected chi connectivity index (χ0v) is 17.9. The maximum atomic E-state index is 14.8. The average molecular weight is 441 g/mol. The normalized spacial score (nSPS) is 16.0.